The van der Waals surface area contributed by atoms with Gasteiger partial charge in [-0.2, -0.15) is 0 Å². The summed E-state index contributed by atoms with van der Waals surface area (Å²) in [5, 5.41) is 0. The molecule has 158 valence electrons. The second-order valence-electron chi connectivity index (χ2n) is 9.82. The average Bonchev–Trinajstić information content (AvgIpc) is 2.55. The van der Waals surface area contributed by atoms with Crippen LogP contribution in [0.5, 0.6) is 0 Å². The third-order valence-corrected chi connectivity index (χ3v) is 5.22. The van der Waals surface area contributed by atoms with Gasteiger partial charge in [0.05, 0.1) is 5.92 Å². The first-order chi connectivity index (χ1) is 11.9. The molecule has 0 N–H and O–H groups in total. The smallest absolute Gasteiger partial charge is 0.309 e. The molecule has 0 heterocycles. The Labute approximate surface area is 165 Å². The fourth-order valence-electron chi connectivity index (χ4n) is 3.57. The molecule has 0 aromatic rings. The second kappa shape index (κ2) is 12.8. The van der Waals surface area contributed by atoms with Gasteiger partial charge in [-0.1, -0.05) is 83.1 Å². The van der Waals surface area contributed by atoms with Crippen LogP contribution in [-0.4, -0.2) is 12.1 Å². The lowest BCUT2D eigenvalue weighted by Gasteiger charge is -2.38. The largest absolute Gasteiger partial charge is 0.462 e. The van der Waals surface area contributed by atoms with Crippen LogP contribution in [0.15, 0.2) is 0 Å². The molecular formula is C24H50O2. The predicted octanol–water partition coefficient (Wildman–Crippen LogP) is 7.90. The van der Waals surface area contributed by atoms with Crippen LogP contribution in [0.1, 0.15) is 115 Å². The van der Waals surface area contributed by atoms with Crippen molar-refractivity contribution in [3.05, 3.63) is 0 Å². The van der Waals surface area contributed by atoms with Crippen molar-refractivity contribution in [2.24, 2.45) is 28.6 Å². The average molecular weight is 371 g/mol. The Hall–Kier alpha value is -0.530. The van der Waals surface area contributed by atoms with E-state index in [-0.39, 0.29) is 23.4 Å². The van der Waals surface area contributed by atoms with Crippen LogP contribution in [0.25, 0.3) is 0 Å². The minimum absolute atomic E-state index is 0.00726. The molecule has 0 aromatic heterocycles. The molecule has 0 bridgehead atoms. The summed E-state index contributed by atoms with van der Waals surface area (Å²) in [5.74, 6) is 1.32. The number of hydrogen-bond acceptors (Lipinski definition) is 2. The van der Waals surface area contributed by atoms with Crippen LogP contribution in [0, 0.1) is 28.6 Å². The topological polar surface area (TPSA) is 26.3 Å². The standard InChI is InChI=1S/C20H38O2.2C2H6/c1-14(2)13-17(20(6,7)8)18(21)22-16-11-9-15(10-12-16)19(3,4)5;2*1-2/h14-17H,9-13H2,1-8H3;2*1-2H3. The molecule has 1 fully saturated rings. The van der Waals surface area contributed by atoms with Gasteiger partial charge in [0, 0.05) is 0 Å². The normalized spacial score (nSPS) is 21.7. The first-order valence-corrected chi connectivity index (χ1v) is 11.1. The van der Waals surface area contributed by atoms with Crippen LogP contribution in [0.2, 0.25) is 0 Å². The Bertz CT molecular complexity index is 349. The molecule has 0 amide bonds. The van der Waals surface area contributed by atoms with E-state index in [9.17, 15) is 4.79 Å². The van der Waals surface area contributed by atoms with Crippen molar-refractivity contribution in [1.82, 2.24) is 0 Å². The van der Waals surface area contributed by atoms with Crippen molar-refractivity contribution in [2.45, 2.75) is 121 Å². The maximum Gasteiger partial charge on any atom is 0.309 e. The molecule has 26 heavy (non-hydrogen) atoms. The van der Waals surface area contributed by atoms with Gasteiger partial charge in [0.25, 0.3) is 0 Å². The van der Waals surface area contributed by atoms with Crippen molar-refractivity contribution in [2.75, 3.05) is 0 Å². The Morgan fingerprint density at radius 1 is 0.885 bits per heavy atom. The van der Waals surface area contributed by atoms with Gasteiger partial charge < -0.3 is 4.74 Å². The zero-order valence-corrected chi connectivity index (χ0v) is 20.2. The van der Waals surface area contributed by atoms with Gasteiger partial charge in [-0.05, 0) is 54.8 Å². The van der Waals surface area contributed by atoms with Gasteiger partial charge in [-0.15, -0.1) is 0 Å². The zero-order chi connectivity index (χ0) is 21.1. The van der Waals surface area contributed by atoms with Gasteiger partial charge in [0.1, 0.15) is 6.10 Å². The molecule has 1 aliphatic carbocycles. The Kier molecular flexibility index (Phi) is 13.6. The summed E-state index contributed by atoms with van der Waals surface area (Å²) < 4.78 is 5.90. The molecule has 1 atom stereocenters. The highest BCUT2D eigenvalue weighted by Crippen LogP contribution is 2.39. The van der Waals surface area contributed by atoms with Crippen LogP contribution in [-0.2, 0) is 9.53 Å². The number of esters is 1. The number of rotatable bonds is 4. The molecule has 0 aliphatic heterocycles. The minimum atomic E-state index is -0.0238. The summed E-state index contributed by atoms with van der Waals surface area (Å²) in [6.07, 6.45) is 5.50. The predicted molar refractivity (Wildman–Crippen MR) is 116 cm³/mol. The van der Waals surface area contributed by atoms with Crippen LogP contribution in [0.3, 0.4) is 0 Å². The molecular weight excluding hydrogens is 320 g/mol. The first kappa shape index (κ1) is 27.7. The summed E-state index contributed by atoms with van der Waals surface area (Å²) in [5.41, 5.74) is 0.352. The maximum absolute atomic E-state index is 12.6. The van der Waals surface area contributed by atoms with Gasteiger partial charge in [0.2, 0.25) is 0 Å². The summed E-state index contributed by atoms with van der Waals surface area (Å²) in [4.78, 5) is 12.6. The summed E-state index contributed by atoms with van der Waals surface area (Å²) >= 11 is 0. The van der Waals surface area contributed by atoms with E-state index in [4.69, 9.17) is 4.74 Å². The molecule has 2 heteroatoms. The van der Waals surface area contributed by atoms with Gasteiger partial charge in [-0.25, -0.2) is 0 Å². The SMILES string of the molecule is CC.CC.CC(C)CC(C(=O)OC1CCC(C(C)(C)C)CC1)C(C)(C)C. The lowest BCUT2D eigenvalue weighted by atomic mass is 9.72. The van der Waals surface area contributed by atoms with E-state index in [0.717, 1.165) is 25.2 Å². The summed E-state index contributed by atoms with van der Waals surface area (Å²) in [6, 6.07) is 0. The molecule has 1 rings (SSSR count). The minimum Gasteiger partial charge on any atom is -0.462 e. The maximum atomic E-state index is 12.6. The number of carbonyl (C=O) groups is 1. The van der Waals surface area contributed by atoms with Crippen molar-refractivity contribution < 1.29 is 9.53 Å². The molecule has 2 nitrogen and oxygen atoms in total. The molecule has 0 aromatic carbocycles. The monoisotopic (exact) mass is 370 g/mol. The molecule has 0 saturated heterocycles. The molecule has 1 unspecified atom stereocenters. The molecule has 1 aliphatic rings. The summed E-state index contributed by atoms with van der Waals surface area (Å²) in [7, 11) is 0. The van der Waals surface area contributed by atoms with Crippen LogP contribution in [0.4, 0.5) is 0 Å². The van der Waals surface area contributed by atoms with E-state index in [1.807, 2.05) is 27.7 Å². The number of carbonyl (C=O) groups excluding carboxylic acids is 1. The van der Waals surface area contributed by atoms with Gasteiger partial charge >= 0.3 is 5.97 Å². The quantitative estimate of drug-likeness (QED) is 0.470. The lowest BCUT2D eigenvalue weighted by Crippen LogP contribution is -2.36. The van der Waals surface area contributed by atoms with E-state index in [2.05, 4.69) is 55.4 Å². The van der Waals surface area contributed by atoms with E-state index >= 15 is 0 Å². The molecule has 1 saturated carbocycles. The van der Waals surface area contributed by atoms with Crippen molar-refractivity contribution in [1.29, 1.82) is 0 Å². The van der Waals surface area contributed by atoms with Gasteiger partial charge in [0.15, 0.2) is 0 Å². The number of ether oxygens (including phenoxy) is 1. The highest BCUT2D eigenvalue weighted by atomic mass is 16.5. The van der Waals surface area contributed by atoms with Crippen LogP contribution < -0.4 is 0 Å². The van der Waals surface area contributed by atoms with E-state index in [0.29, 0.717) is 11.3 Å². The first-order valence-electron chi connectivity index (χ1n) is 11.1. The van der Waals surface area contributed by atoms with E-state index < -0.39 is 0 Å². The molecule has 0 radical (unpaired) electrons. The fraction of sp³-hybridized carbons (Fsp3) is 0.958. The third-order valence-electron chi connectivity index (χ3n) is 5.22. The lowest BCUT2D eigenvalue weighted by molar-refractivity contribution is -0.161. The van der Waals surface area contributed by atoms with Crippen molar-refractivity contribution >= 4 is 5.97 Å². The van der Waals surface area contributed by atoms with Crippen molar-refractivity contribution in [3.63, 3.8) is 0 Å². The zero-order valence-electron chi connectivity index (χ0n) is 20.2. The van der Waals surface area contributed by atoms with E-state index in [1.165, 1.54) is 12.8 Å². The van der Waals surface area contributed by atoms with Crippen LogP contribution >= 0.6 is 0 Å². The molecule has 0 spiro atoms. The Balaban J connectivity index is 0. The fourth-order valence-corrected chi connectivity index (χ4v) is 3.57. The second-order valence-corrected chi connectivity index (χ2v) is 9.82. The Morgan fingerprint density at radius 3 is 1.62 bits per heavy atom. The third kappa shape index (κ3) is 10.6. The van der Waals surface area contributed by atoms with Crippen molar-refractivity contribution in [3.8, 4) is 0 Å². The highest BCUT2D eigenvalue weighted by molar-refractivity contribution is 5.73. The Morgan fingerprint density at radius 2 is 1.31 bits per heavy atom. The van der Waals surface area contributed by atoms with Gasteiger partial charge in [-0.3, -0.25) is 4.79 Å². The van der Waals surface area contributed by atoms with E-state index in [1.54, 1.807) is 0 Å². The summed E-state index contributed by atoms with van der Waals surface area (Å²) in [6.45, 7) is 25.8. The highest BCUT2D eigenvalue weighted by Gasteiger charge is 2.36. The number of hydrogen-bond donors (Lipinski definition) is 0.